The van der Waals surface area contributed by atoms with Crippen molar-refractivity contribution in [3.8, 4) is 0 Å². The SMILES string of the molecule is O=C(O)c1cc2ccccc2c(I)c1C(=O)O. The lowest BCUT2D eigenvalue weighted by atomic mass is 10.0. The molecule has 4 nitrogen and oxygen atoms in total. The Kier molecular flexibility index (Phi) is 3.01. The van der Waals surface area contributed by atoms with Gasteiger partial charge in [-0.1, -0.05) is 24.3 Å². The molecule has 5 heteroatoms. The molecule has 0 unspecified atom stereocenters. The minimum Gasteiger partial charge on any atom is -0.478 e. The smallest absolute Gasteiger partial charge is 0.337 e. The summed E-state index contributed by atoms with van der Waals surface area (Å²) in [5, 5.41) is 19.6. The Morgan fingerprint density at radius 2 is 1.71 bits per heavy atom. The molecule has 0 atom stereocenters. The van der Waals surface area contributed by atoms with Crippen LogP contribution in [0.25, 0.3) is 10.8 Å². The highest BCUT2D eigenvalue weighted by Crippen LogP contribution is 2.27. The van der Waals surface area contributed by atoms with E-state index in [1.165, 1.54) is 6.07 Å². The molecule has 2 aromatic carbocycles. The zero-order valence-electron chi connectivity index (χ0n) is 8.48. The number of hydrogen-bond donors (Lipinski definition) is 2. The van der Waals surface area contributed by atoms with E-state index in [2.05, 4.69) is 0 Å². The van der Waals surface area contributed by atoms with Crippen LogP contribution in [0.1, 0.15) is 20.7 Å². The maximum atomic E-state index is 11.1. The van der Waals surface area contributed by atoms with Crippen LogP contribution in [0.2, 0.25) is 0 Å². The second kappa shape index (κ2) is 4.33. The van der Waals surface area contributed by atoms with Crippen molar-refractivity contribution in [2.45, 2.75) is 0 Å². The molecule has 0 aliphatic rings. The van der Waals surface area contributed by atoms with Crippen LogP contribution in [-0.2, 0) is 0 Å². The summed E-state index contributed by atoms with van der Waals surface area (Å²) in [6, 6.07) is 8.50. The molecule has 0 spiro atoms. The molecule has 2 N–H and O–H groups in total. The van der Waals surface area contributed by atoms with Crippen molar-refractivity contribution in [3.63, 3.8) is 0 Å². The molecule has 0 bridgehead atoms. The Balaban J connectivity index is 2.94. The minimum absolute atomic E-state index is 0.156. The van der Waals surface area contributed by atoms with Crippen LogP contribution in [-0.4, -0.2) is 22.2 Å². The van der Waals surface area contributed by atoms with Crippen LogP contribution in [0.4, 0.5) is 0 Å². The summed E-state index contributed by atoms with van der Waals surface area (Å²) in [7, 11) is 0. The maximum Gasteiger partial charge on any atom is 0.337 e. The van der Waals surface area contributed by atoms with Gasteiger partial charge in [0.15, 0.2) is 0 Å². The number of hydrogen-bond acceptors (Lipinski definition) is 2. The van der Waals surface area contributed by atoms with Gasteiger partial charge in [0.2, 0.25) is 0 Å². The quantitative estimate of drug-likeness (QED) is 0.823. The van der Waals surface area contributed by atoms with Crippen molar-refractivity contribution < 1.29 is 19.8 Å². The largest absolute Gasteiger partial charge is 0.478 e. The first kappa shape index (κ1) is 11.8. The number of carboxylic acid groups (broad SMARTS) is 2. The third-order valence-corrected chi connectivity index (χ3v) is 3.55. The summed E-state index contributed by atoms with van der Waals surface area (Å²) in [6.07, 6.45) is 0. The number of rotatable bonds is 2. The summed E-state index contributed by atoms with van der Waals surface area (Å²) < 4.78 is 0.450. The van der Waals surface area contributed by atoms with Crippen molar-refractivity contribution in [1.82, 2.24) is 0 Å². The average molecular weight is 342 g/mol. The van der Waals surface area contributed by atoms with E-state index in [9.17, 15) is 9.59 Å². The highest BCUT2D eigenvalue weighted by atomic mass is 127. The number of aromatic carboxylic acids is 2. The summed E-state index contributed by atoms with van der Waals surface area (Å²) >= 11 is 1.87. The Bertz CT molecular complexity index is 634. The van der Waals surface area contributed by atoms with Gasteiger partial charge in [-0.25, -0.2) is 9.59 Å². The van der Waals surface area contributed by atoms with Crippen LogP contribution >= 0.6 is 22.6 Å². The zero-order chi connectivity index (χ0) is 12.6. The van der Waals surface area contributed by atoms with Gasteiger partial charge in [-0.15, -0.1) is 0 Å². The lowest BCUT2D eigenvalue weighted by Gasteiger charge is -2.08. The van der Waals surface area contributed by atoms with Crippen LogP contribution in [0.3, 0.4) is 0 Å². The van der Waals surface area contributed by atoms with Crippen LogP contribution in [0, 0.1) is 3.57 Å². The molecule has 86 valence electrons. The summed E-state index contributed by atoms with van der Waals surface area (Å²) in [5.41, 5.74) is -0.336. The van der Waals surface area contributed by atoms with Gasteiger partial charge >= 0.3 is 11.9 Å². The molecular formula is C12H7IO4. The van der Waals surface area contributed by atoms with Gasteiger partial charge in [-0.3, -0.25) is 0 Å². The van der Waals surface area contributed by atoms with Crippen LogP contribution < -0.4 is 0 Å². The predicted octanol–water partition coefficient (Wildman–Crippen LogP) is 2.84. The average Bonchev–Trinajstić information content (AvgIpc) is 2.28. The van der Waals surface area contributed by atoms with Crippen LogP contribution in [0.5, 0.6) is 0 Å². The predicted molar refractivity (Wildman–Crippen MR) is 70.6 cm³/mol. The topological polar surface area (TPSA) is 74.6 Å². The molecule has 0 fully saturated rings. The zero-order valence-corrected chi connectivity index (χ0v) is 10.6. The summed E-state index contributed by atoms with van der Waals surface area (Å²) in [6.45, 7) is 0. The fraction of sp³-hybridized carbons (Fsp3) is 0. The third-order valence-electron chi connectivity index (χ3n) is 2.43. The van der Waals surface area contributed by atoms with E-state index in [-0.39, 0.29) is 11.1 Å². The Morgan fingerprint density at radius 3 is 2.29 bits per heavy atom. The summed E-state index contributed by atoms with van der Waals surface area (Å²) in [5.74, 6) is -2.45. The van der Waals surface area contributed by atoms with Crippen molar-refractivity contribution >= 4 is 45.3 Å². The lowest BCUT2D eigenvalue weighted by molar-refractivity contribution is 0.0651. The normalized spacial score (nSPS) is 10.4. The first-order valence-corrected chi connectivity index (χ1v) is 5.78. The van der Waals surface area contributed by atoms with Gasteiger partial charge in [-0.2, -0.15) is 0 Å². The molecule has 0 aliphatic carbocycles. The van der Waals surface area contributed by atoms with E-state index < -0.39 is 11.9 Å². The van der Waals surface area contributed by atoms with Crippen molar-refractivity contribution in [2.75, 3.05) is 0 Å². The number of carboxylic acids is 2. The first-order chi connectivity index (χ1) is 8.02. The number of carbonyl (C=O) groups is 2. The number of benzene rings is 2. The third kappa shape index (κ3) is 1.97. The standard InChI is InChI=1S/C12H7IO4/c13-10-7-4-2-1-3-6(7)5-8(11(14)15)9(10)12(16)17/h1-5H,(H,14,15)(H,16,17). The lowest BCUT2D eigenvalue weighted by Crippen LogP contribution is -2.10. The molecule has 0 saturated carbocycles. The van der Waals surface area contributed by atoms with E-state index in [1.54, 1.807) is 24.3 Å². The number of halogens is 1. The van der Waals surface area contributed by atoms with Gasteiger partial charge in [0.1, 0.15) is 0 Å². The second-order valence-electron chi connectivity index (χ2n) is 3.44. The van der Waals surface area contributed by atoms with Gasteiger partial charge in [0.05, 0.1) is 11.1 Å². The highest BCUT2D eigenvalue weighted by molar-refractivity contribution is 14.1. The molecule has 0 radical (unpaired) electrons. The Labute approximate surface area is 110 Å². The molecule has 0 heterocycles. The molecule has 0 saturated heterocycles. The van der Waals surface area contributed by atoms with Crippen molar-refractivity contribution in [2.24, 2.45) is 0 Å². The van der Waals surface area contributed by atoms with Gasteiger partial charge < -0.3 is 10.2 Å². The Morgan fingerprint density at radius 1 is 1.06 bits per heavy atom. The molecule has 2 rings (SSSR count). The minimum atomic E-state index is -1.23. The second-order valence-corrected chi connectivity index (χ2v) is 4.52. The van der Waals surface area contributed by atoms with Gasteiger partial charge in [0.25, 0.3) is 0 Å². The molecule has 2 aromatic rings. The molecular weight excluding hydrogens is 335 g/mol. The molecule has 0 aromatic heterocycles. The van der Waals surface area contributed by atoms with E-state index in [4.69, 9.17) is 10.2 Å². The molecule has 0 aliphatic heterocycles. The maximum absolute atomic E-state index is 11.1. The molecule has 17 heavy (non-hydrogen) atoms. The summed E-state index contributed by atoms with van der Waals surface area (Å²) in [4.78, 5) is 22.2. The van der Waals surface area contributed by atoms with E-state index in [1.807, 2.05) is 22.6 Å². The van der Waals surface area contributed by atoms with Gasteiger partial charge in [-0.05, 0) is 39.4 Å². The fourth-order valence-corrected chi connectivity index (χ4v) is 2.69. The van der Waals surface area contributed by atoms with Crippen LogP contribution in [0.15, 0.2) is 30.3 Å². The van der Waals surface area contributed by atoms with Crippen molar-refractivity contribution in [1.29, 1.82) is 0 Å². The Hall–Kier alpha value is -1.63. The first-order valence-electron chi connectivity index (χ1n) is 4.70. The van der Waals surface area contributed by atoms with Crippen molar-refractivity contribution in [3.05, 3.63) is 45.0 Å². The molecule has 0 amide bonds. The highest BCUT2D eigenvalue weighted by Gasteiger charge is 2.21. The van der Waals surface area contributed by atoms with E-state index in [0.29, 0.717) is 3.57 Å². The fourth-order valence-electron chi connectivity index (χ4n) is 1.68. The van der Waals surface area contributed by atoms with E-state index in [0.717, 1.165) is 10.8 Å². The monoisotopic (exact) mass is 342 g/mol. The van der Waals surface area contributed by atoms with Gasteiger partial charge in [0, 0.05) is 3.57 Å². The van der Waals surface area contributed by atoms with E-state index >= 15 is 0 Å². The number of fused-ring (bicyclic) bond motifs is 1.